The van der Waals surface area contributed by atoms with Crippen molar-refractivity contribution in [2.75, 3.05) is 18.5 Å². The van der Waals surface area contributed by atoms with Crippen LogP contribution in [0.2, 0.25) is 0 Å². The van der Waals surface area contributed by atoms with Gasteiger partial charge < -0.3 is 10.4 Å². The van der Waals surface area contributed by atoms with Gasteiger partial charge in [-0.25, -0.2) is 0 Å². The minimum atomic E-state index is 0.214. The Morgan fingerprint density at radius 2 is 2.00 bits per heavy atom. The van der Waals surface area contributed by atoms with Crippen LogP contribution in [0.4, 0.5) is 5.69 Å². The van der Waals surface area contributed by atoms with Gasteiger partial charge in [0.1, 0.15) is 0 Å². The predicted octanol–water partition coefficient (Wildman–Crippen LogP) is 2.29. The highest BCUT2D eigenvalue weighted by molar-refractivity contribution is 5.40. The summed E-state index contributed by atoms with van der Waals surface area (Å²) < 4.78 is 0. The molecule has 0 aliphatic carbocycles. The van der Waals surface area contributed by atoms with Crippen LogP contribution in [0.15, 0.2) is 24.5 Å². The van der Waals surface area contributed by atoms with Crippen LogP contribution in [-0.4, -0.2) is 23.2 Å². The summed E-state index contributed by atoms with van der Waals surface area (Å²) in [6, 6.07) is 3.92. The van der Waals surface area contributed by atoms with Crippen LogP contribution in [-0.2, 0) is 0 Å². The smallest absolute Gasteiger partial charge is 0.0431 e. The number of hydrogen-bond donors (Lipinski definition) is 2. The van der Waals surface area contributed by atoms with Gasteiger partial charge in [-0.2, -0.15) is 0 Å². The molecular formula is C12H20N2O. The summed E-state index contributed by atoms with van der Waals surface area (Å²) in [5, 5.41) is 12.2. The van der Waals surface area contributed by atoms with E-state index in [1.165, 1.54) is 0 Å². The number of aliphatic hydroxyl groups excluding tert-OH is 1. The molecule has 0 aromatic carbocycles. The maximum atomic E-state index is 8.79. The van der Waals surface area contributed by atoms with Crippen molar-refractivity contribution >= 4 is 5.69 Å². The van der Waals surface area contributed by atoms with Gasteiger partial charge in [0.15, 0.2) is 0 Å². The summed E-state index contributed by atoms with van der Waals surface area (Å²) in [5.41, 5.74) is 1.31. The zero-order chi connectivity index (χ0) is 11.1. The van der Waals surface area contributed by atoms with Crippen molar-refractivity contribution in [2.24, 2.45) is 5.41 Å². The number of aromatic nitrogens is 1. The lowest BCUT2D eigenvalue weighted by Crippen LogP contribution is -2.23. The van der Waals surface area contributed by atoms with Gasteiger partial charge in [0, 0.05) is 31.2 Å². The van der Waals surface area contributed by atoms with E-state index in [1.54, 1.807) is 12.4 Å². The third kappa shape index (κ3) is 4.79. The Labute approximate surface area is 91.5 Å². The molecule has 0 amide bonds. The third-order valence-corrected chi connectivity index (χ3v) is 2.46. The molecule has 1 aromatic rings. The first-order chi connectivity index (χ1) is 7.14. The molecule has 3 heteroatoms. The summed E-state index contributed by atoms with van der Waals surface area (Å²) in [5.74, 6) is 0. The number of nitrogens with one attached hydrogen (secondary N) is 1. The number of nitrogens with zero attached hydrogens (tertiary/aromatic N) is 1. The van der Waals surface area contributed by atoms with E-state index in [9.17, 15) is 0 Å². The summed E-state index contributed by atoms with van der Waals surface area (Å²) in [6.45, 7) is 5.60. The van der Waals surface area contributed by atoms with Crippen LogP contribution in [0.1, 0.15) is 26.7 Å². The third-order valence-electron chi connectivity index (χ3n) is 2.46. The van der Waals surface area contributed by atoms with Crippen molar-refractivity contribution in [1.29, 1.82) is 0 Å². The summed E-state index contributed by atoms with van der Waals surface area (Å²) >= 11 is 0. The SMILES string of the molecule is CC(C)(CCCO)CNc1ccncc1. The first-order valence-electron chi connectivity index (χ1n) is 5.39. The van der Waals surface area contributed by atoms with Crippen LogP contribution in [0.5, 0.6) is 0 Å². The van der Waals surface area contributed by atoms with Gasteiger partial charge in [0.2, 0.25) is 0 Å². The molecule has 0 spiro atoms. The number of rotatable bonds is 6. The molecule has 0 unspecified atom stereocenters. The van der Waals surface area contributed by atoms with E-state index in [4.69, 9.17) is 5.11 Å². The zero-order valence-electron chi connectivity index (χ0n) is 9.53. The lowest BCUT2D eigenvalue weighted by molar-refractivity contribution is 0.248. The average Bonchev–Trinajstić information content (AvgIpc) is 2.25. The van der Waals surface area contributed by atoms with Gasteiger partial charge in [-0.05, 0) is 30.4 Å². The molecule has 3 nitrogen and oxygen atoms in total. The van der Waals surface area contributed by atoms with Crippen molar-refractivity contribution in [1.82, 2.24) is 4.98 Å². The summed E-state index contributed by atoms with van der Waals surface area (Å²) in [6.07, 6.45) is 5.46. The Hall–Kier alpha value is -1.09. The molecule has 0 radical (unpaired) electrons. The highest BCUT2D eigenvalue weighted by Gasteiger charge is 2.16. The Morgan fingerprint density at radius 1 is 1.33 bits per heavy atom. The van der Waals surface area contributed by atoms with E-state index in [0.29, 0.717) is 0 Å². The molecule has 1 aromatic heterocycles. The molecule has 2 N–H and O–H groups in total. The number of anilines is 1. The second-order valence-corrected chi connectivity index (χ2v) is 4.58. The Bertz CT molecular complexity index is 272. The highest BCUT2D eigenvalue weighted by atomic mass is 16.2. The molecule has 0 fully saturated rings. The molecule has 0 saturated heterocycles. The molecule has 1 rings (SSSR count). The second-order valence-electron chi connectivity index (χ2n) is 4.58. The first-order valence-corrected chi connectivity index (χ1v) is 5.39. The van der Waals surface area contributed by atoms with Crippen LogP contribution in [0.3, 0.4) is 0 Å². The lowest BCUT2D eigenvalue weighted by atomic mass is 9.88. The van der Waals surface area contributed by atoms with Crippen molar-refractivity contribution < 1.29 is 5.11 Å². The largest absolute Gasteiger partial charge is 0.396 e. The molecule has 84 valence electrons. The summed E-state index contributed by atoms with van der Waals surface area (Å²) in [7, 11) is 0. The van der Waals surface area contributed by atoms with Crippen LogP contribution < -0.4 is 5.32 Å². The second kappa shape index (κ2) is 5.71. The van der Waals surface area contributed by atoms with Crippen LogP contribution in [0.25, 0.3) is 0 Å². The fourth-order valence-corrected chi connectivity index (χ4v) is 1.46. The Balaban J connectivity index is 2.35. The van der Waals surface area contributed by atoms with Gasteiger partial charge >= 0.3 is 0 Å². The molecule has 15 heavy (non-hydrogen) atoms. The van der Waals surface area contributed by atoms with Crippen LogP contribution in [0, 0.1) is 5.41 Å². The fraction of sp³-hybridized carbons (Fsp3) is 0.583. The number of pyridine rings is 1. The number of aliphatic hydroxyl groups is 1. The maximum absolute atomic E-state index is 8.79. The Kier molecular flexibility index (Phi) is 4.56. The quantitative estimate of drug-likeness (QED) is 0.754. The molecule has 0 aliphatic heterocycles. The topological polar surface area (TPSA) is 45.1 Å². The minimum absolute atomic E-state index is 0.214. The fourth-order valence-electron chi connectivity index (χ4n) is 1.46. The normalized spacial score (nSPS) is 11.4. The predicted molar refractivity (Wildman–Crippen MR) is 62.8 cm³/mol. The summed E-state index contributed by atoms with van der Waals surface area (Å²) in [4.78, 5) is 3.97. The van der Waals surface area contributed by atoms with Crippen molar-refractivity contribution in [3.8, 4) is 0 Å². The number of hydrogen-bond acceptors (Lipinski definition) is 3. The van der Waals surface area contributed by atoms with E-state index in [-0.39, 0.29) is 12.0 Å². The lowest BCUT2D eigenvalue weighted by Gasteiger charge is -2.25. The zero-order valence-corrected chi connectivity index (χ0v) is 9.53. The van der Waals surface area contributed by atoms with Crippen molar-refractivity contribution in [2.45, 2.75) is 26.7 Å². The van der Waals surface area contributed by atoms with E-state index in [2.05, 4.69) is 24.1 Å². The molecule has 0 aliphatic rings. The van der Waals surface area contributed by atoms with Crippen molar-refractivity contribution in [3.63, 3.8) is 0 Å². The molecule has 0 saturated carbocycles. The Morgan fingerprint density at radius 3 is 2.60 bits per heavy atom. The molecular weight excluding hydrogens is 188 g/mol. The van der Waals surface area contributed by atoms with Crippen LogP contribution >= 0.6 is 0 Å². The molecule has 0 atom stereocenters. The van der Waals surface area contributed by atoms with Gasteiger partial charge in [-0.3, -0.25) is 4.98 Å². The minimum Gasteiger partial charge on any atom is -0.396 e. The van der Waals surface area contributed by atoms with E-state index in [0.717, 1.165) is 25.1 Å². The average molecular weight is 208 g/mol. The van der Waals surface area contributed by atoms with E-state index < -0.39 is 0 Å². The monoisotopic (exact) mass is 208 g/mol. The van der Waals surface area contributed by atoms with Gasteiger partial charge in [-0.1, -0.05) is 13.8 Å². The standard InChI is InChI=1S/C12H20N2O/c1-12(2,6-3-9-15)10-14-11-4-7-13-8-5-11/h4-5,7-8,15H,3,6,9-10H2,1-2H3,(H,13,14). The maximum Gasteiger partial charge on any atom is 0.0431 e. The molecule has 0 bridgehead atoms. The van der Waals surface area contributed by atoms with Crippen molar-refractivity contribution in [3.05, 3.63) is 24.5 Å². The van der Waals surface area contributed by atoms with E-state index >= 15 is 0 Å². The van der Waals surface area contributed by atoms with Gasteiger partial charge in [-0.15, -0.1) is 0 Å². The first kappa shape index (κ1) is 12.0. The van der Waals surface area contributed by atoms with Gasteiger partial charge in [0.05, 0.1) is 0 Å². The molecule has 1 heterocycles. The van der Waals surface area contributed by atoms with Gasteiger partial charge in [0.25, 0.3) is 0 Å². The highest BCUT2D eigenvalue weighted by Crippen LogP contribution is 2.22. The van der Waals surface area contributed by atoms with E-state index in [1.807, 2.05) is 12.1 Å².